The number of ether oxygens (including phenoxy) is 2. The van der Waals surface area contributed by atoms with Crippen molar-refractivity contribution in [2.75, 3.05) is 13.3 Å². The van der Waals surface area contributed by atoms with Crippen LogP contribution in [0, 0.1) is 11.3 Å². The van der Waals surface area contributed by atoms with Crippen molar-refractivity contribution in [3.63, 3.8) is 0 Å². The van der Waals surface area contributed by atoms with Crippen molar-refractivity contribution in [3.05, 3.63) is 23.8 Å². The molecule has 0 unspecified atom stereocenters. The topological polar surface area (TPSA) is 38.8 Å². The molecule has 0 radical (unpaired) electrons. The molecule has 4 rings (SSSR count). The van der Waals surface area contributed by atoms with Crippen molar-refractivity contribution in [3.8, 4) is 11.5 Å². The monoisotopic (exact) mass is 329 g/mol. The average Bonchev–Trinajstić information content (AvgIpc) is 3.13. The molecule has 0 bridgehead atoms. The largest absolute Gasteiger partial charge is 0.454 e. The van der Waals surface area contributed by atoms with Crippen LogP contribution < -0.4 is 9.47 Å². The van der Waals surface area contributed by atoms with Crippen molar-refractivity contribution in [2.24, 2.45) is 11.3 Å². The Morgan fingerprint density at radius 1 is 1.21 bits per heavy atom. The zero-order valence-electron chi connectivity index (χ0n) is 14.9. The van der Waals surface area contributed by atoms with Gasteiger partial charge in [0.2, 0.25) is 12.7 Å². The van der Waals surface area contributed by atoms with Crippen LogP contribution in [0.25, 0.3) is 0 Å². The third-order valence-corrected chi connectivity index (χ3v) is 6.22. The van der Waals surface area contributed by atoms with Crippen LogP contribution in [0.3, 0.4) is 0 Å². The number of benzene rings is 1. The van der Waals surface area contributed by atoms with Gasteiger partial charge in [0.15, 0.2) is 11.5 Å². The molecule has 1 aromatic carbocycles. The minimum atomic E-state index is -0.174. The Bertz CT molecular complexity index is 663. The first kappa shape index (κ1) is 15.8. The Morgan fingerprint density at radius 2 is 2.00 bits per heavy atom. The summed E-state index contributed by atoms with van der Waals surface area (Å²) in [6, 6.07) is 6.26. The van der Waals surface area contributed by atoms with Crippen LogP contribution in [0.15, 0.2) is 18.2 Å². The van der Waals surface area contributed by atoms with Gasteiger partial charge in [0, 0.05) is 13.0 Å². The highest BCUT2D eigenvalue weighted by atomic mass is 16.7. The number of fused-ring (bicyclic) bond motifs is 2. The first-order valence-electron chi connectivity index (χ1n) is 9.11. The van der Waals surface area contributed by atoms with Gasteiger partial charge in [0.25, 0.3) is 0 Å². The van der Waals surface area contributed by atoms with Crippen LogP contribution in [0.5, 0.6) is 11.5 Å². The van der Waals surface area contributed by atoms with Crippen LogP contribution in [0.1, 0.15) is 58.4 Å². The smallest absolute Gasteiger partial charge is 0.231 e. The van der Waals surface area contributed by atoms with Gasteiger partial charge in [-0.3, -0.25) is 4.79 Å². The summed E-state index contributed by atoms with van der Waals surface area (Å²) in [6.07, 6.45) is 4.84. The lowest BCUT2D eigenvalue weighted by Crippen LogP contribution is -2.45. The second-order valence-corrected chi connectivity index (χ2v) is 8.55. The van der Waals surface area contributed by atoms with Gasteiger partial charge < -0.3 is 14.4 Å². The predicted octanol–water partition coefficient (Wildman–Crippen LogP) is 4.08. The standard InChI is InChI=1S/C20H27NO3/c1-19(2,3)15-6-8-18(22)21-10-4-9-20(21,12-15)14-5-7-16-17(11-14)24-13-23-16/h5,7,11,15H,4,6,8-10,12-13H2,1-3H3/t15-,20+/m0/s1. The van der Waals surface area contributed by atoms with Gasteiger partial charge in [-0.1, -0.05) is 26.8 Å². The number of hydrogen-bond donors (Lipinski definition) is 0. The van der Waals surface area contributed by atoms with E-state index in [2.05, 4.69) is 37.8 Å². The summed E-state index contributed by atoms with van der Waals surface area (Å²) < 4.78 is 11.1. The highest BCUT2D eigenvalue weighted by Crippen LogP contribution is 2.51. The summed E-state index contributed by atoms with van der Waals surface area (Å²) in [7, 11) is 0. The fourth-order valence-electron chi connectivity index (χ4n) is 4.74. The van der Waals surface area contributed by atoms with Crippen LogP contribution >= 0.6 is 0 Å². The van der Waals surface area contributed by atoms with E-state index in [1.807, 2.05) is 6.07 Å². The Morgan fingerprint density at radius 3 is 2.79 bits per heavy atom. The van der Waals surface area contributed by atoms with E-state index in [0.717, 1.165) is 43.7 Å². The lowest BCUT2D eigenvalue weighted by Gasteiger charge is -2.42. The Kier molecular flexibility index (Phi) is 3.55. The first-order chi connectivity index (χ1) is 11.4. The van der Waals surface area contributed by atoms with Crippen molar-refractivity contribution in [1.29, 1.82) is 0 Å². The van der Waals surface area contributed by atoms with E-state index in [4.69, 9.17) is 9.47 Å². The van der Waals surface area contributed by atoms with Gasteiger partial charge >= 0.3 is 0 Å². The van der Waals surface area contributed by atoms with Gasteiger partial charge in [-0.05, 0) is 54.7 Å². The van der Waals surface area contributed by atoms with E-state index in [0.29, 0.717) is 25.0 Å². The van der Waals surface area contributed by atoms with E-state index in [-0.39, 0.29) is 11.0 Å². The van der Waals surface area contributed by atoms with Crippen molar-refractivity contribution in [1.82, 2.24) is 4.90 Å². The van der Waals surface area contributed by atoms with Crippen LogP contribution in [-0.4, -0.2) is 24.1 Å². The summed E-state index contributed by atoms with van der Waals surface area (Å²) in [4.78, 5) is 15.0. The van der Waals surface area contributed by atoms with E-state index in [9.17, 15) is 4.79 Å². The third kappa shape index (κ3) is 2.38. The highest BCUT2D eigenvalue weighted by molar-refractivity contribution is 5.78. The third-order valence-electron chi connectivity index (χ3n) is 6.22. The van der Waals surface area contributed by atoms with Crippen LogP contribution in [0.2, 0.25) is 0 Å². The minimum Gasteiger partial charge on any atom is -0.454 e. The fraction of sp³-hybridized carbons (Fsp3) is 0.650. The van der Waals surface area contributed by atoms with Crippen molar-refractivity contribution < 1.29 is 14.3 Å². The second kappa shape index (κ2) is 5.40. The Hall–Kier alpha value is -1.71. The van der Waals surface area contributed by atoms with E-state index in [1.165, 1.54) is 5.56 Å². The Balaban J connectivity index is 1.79. The summed E-state index contributed by atoms with van der Waals surface area (Å²) in [6.45, 7) is 8.09. The van der Waals surface area contributed by atoms with Crippen molar-refractivity contribution >= 4 is 5.91 Å². The number of hydrogen-bond acceptors (Lipinski definition) is 3. The molecular formula is C20H27NO3. The van der Waals surface area contributed by atoms with E-state index >= 15 is 0 Å². The number of rotatable bonds is 1. The maximum atomic E-state index is 12.9. The summed E-state index contributed by atoms with van der Waals surface area (Å²) in [5, 5.41) is 0. The predicted molar refractivity (Wildman–Crippen MR) is 92.0 cm³/mol. The van der Waals surface area contributed by atoms with E-state index in [1.54, 1.807) is 0 Å². The van der Waals surface area contributed by atoms with E-state index < -0.39 is 0 Å². The molecule has 4 heteroatoms. The molecule has 1 aromatic rings. The molecule has 2 atom stereocenters. The molecule has 0 aromatic heterocycles. The maximum Gasteiger partial charge on any atom is 0.231 e. The minimum absolute atomic E-state index is 0.174. The zero-order chi connectivity index (χ0) is 16.9. The zero-order valence-corrected chi connectivity index (χ0v) is 14.9. The van der Waals surface area contributed by atoms with Crippen LogP contribution in [-0.2, 0) is 10.3 Å². The molecule has 0 spiro atoms. The quantitative estimate of drug-likeness (QED) is 0.779. The molecule has 1 amide bonds. The number of carbonyl (C=O) groups is 1. The molecule has 0 N–H and O–H groups in total. The summed E-state index contributed by atoms with van der Waals surface area (Å²) in [5.41, 5.74) is 1.25. The molecule has 0 saturated carbocycles. The molecule has 3 aliphatic rings. The lowest BCUT2D eigenvalue weighted by molar-refractivity contribution is -0.134. The molecule has 2 saturated heterocycles. The summed E-state index contributed by atoms with van der Waals surface area (Å²) >= 11 is 0. The van der Waals surface area contributed by atoms with Gasteiger partial charge in [-0.25, -0.2) is 0 Å². The molecule has 3 aliphatic heterocycles. The second-order valence-electron chi connectivity index (χ2n) is 8.55. The maximum absolute atomic E-state index is 12.9. The normalized spacial score (nSPS) is 29.5. The average molecular weight is 329 g/mol. The van der Waals surface area contributed by atoms with Gasteiger partial charge in [0.1, 0.15) is 0 Å². The molecular weight excluding hydrogens is 302 g/mol. The molecule has 130 valence electrons. The van der Waals surface area contributed by atoms with Crippen molar-refractivity contribution in [2.45, 2.75) is 58.4 Å². The number of amides is 1. The molecule has 4 nitrogen and oxygen atoms in total. The SMILES string of the molecule is CC(C)(C)[C@H]1CCC(=O)N2CCC[C@]2(c2ccc3c(c2)OCO3)C1. The number of carbonyl (C=O) groups excluding carboxylic acids is 1. The van der Waals surface area contributed by atoms with Crippen LogP contribution in [0.4, 0.5) is 0 Å². The first-order valence-corrected chi connectivity index (χ1v) is 9.11. The van der Waals surface area contributed by atoms with Gasteiger partial charge in [-0.2, -0.15) is 0 Å². The number of nitrogens with zero attached hydrogens (tertiary/aromatic N) is 1. The molecule has 2 fully saturated rings. The van der Waals surface area contributed by atoms with Gasteiger partial charge in [0.05, 0.1) is 5.54 Å². The Labute approximate surface area is 144 Å². The highest BCUT2D eigenvalue weighted by Gasteiger charge is 2.49. The fourth-order valence-corrected chi connectivity index (χ4v) is 4.74. The molecule has 0 aliphatic carbocycles. The van der Waals surface area contributed by atoms with Gasteiger partial charge in [-0.15, -0.1) is 0 Å². The molecule has 24 heavy (non-hydrogen) atoms. The summed E-state index contributed by atoms with van der Waals surface area (Å²) in [5.74, 6) is 2.48. The lowest BCUT2D eigenvalue weighted by atomic mass is 9.70. The molecule has 3 heterocycles.